The lowest BCUT2D eigenvalue weighted by Gasteiger charge is -1.98. The molecular weight excluding hydrogens is 178 g/mol. The highest BCUT2D eigenvalue weighted by Gasteiger charge is 2.04. The van der Waals surface area contributed by atoms with E-state index in [1.807, 2.05) is 18.3 Å². The zero-order valence-corrected chi connectivity index (χ0v) is 8.44. The van der Waals surface area contributed by atoms with E-state index < -0.39 is 5.97 Å². The summed E-state index contributed by atoms with van der Waals surface area (Å²) in [4.78, 5) is 10.3. The van der Waals surface area contributed by atoms with E-state index in [1.54, 1.807) is 0 Å². The molecule has 0 saturated carbocycles. The maximum absolute atomic E-state index is 10.3. The molecule has 1 aromatic heterocycles. The predicted octanol–water partition coefficient (Wildman–Crippen LogP) is 1.54. The fraction of sp³-hybridized carbons (Fsp3) is 0.455. The Morgan fingerprint density at radius 2 is 2.21 bits per heavy atom. The monoisotopic (exact) mass is 194 g/mol. The van der Waals surface area contributed by atoms with Gasteiger partial charge in [0.15, 0.2) is 11.9 Å². The molecule has 76 valence electrons. The molecule has 1 heterocycles. The van der Waals surface area contributed by atoms with Crippen LogP contribution in [0.15, 0.2) is 24.4 Å². The van der Waals surface area contributed by atoms with Gasteiger partial charge in [-0.15, -0.1) is 0 Å². The molecule has 14 heavy (non-hydrogen) atoms. The van der Waals surface area contributed by atoms with Gasteiger partial charge in [-0.25, -0.2) is 4.57 Å². The Hall–Kier alpha value is -1.38. The second-order valence-electron chi connectivity index (χ2n) is 3.39. The third-order valence-corrected chi connectivity index (χ3v) is 2.21. The van der Waals surface area contributed by atoms with Gasteiger partial charge >= 0.3 is 5.97 Å². The molecule has 3 heteroatoms. The molecule has 0 aliphatic carbocycles. The molecule has 1 rings (SSSR count). The number of carboxylic acid groups (broad SMARTS) is 1. The third kappa shape index (κ3) is 3.56. The number of aryl methyl sites for hydroxylation is 2. The first-order valence-electron chi connectivity index (χ1n) is 4.87. The van der Waals surface area contributed by atoms with Crippen LogP contribution in [0.1, 0.15) is 25.0 Å². The van der Waals surface area contributed by atoms with Crippen molar-refractivity contribution < 1.29 is 14.5 Å². The molecular formula is C11H16NO2+. The van der Waals surface area contributed by atoms with Gasteiger partial charge in [-0.1, -0.05) is 6.07 Å². The van der Waals surface area contributed by atoms with Crippen LogP contribution in [0.2, 0.25) is 0 Å². The minimum Gasteiger partial charge on any atom is -0.481 e. The standard InChI is InChI=1S/C11H15NO2/c1-10-6-2-4-8-12(10)9-5-3-7-11(13)14/h2,4,6,8H,3,5,7,9H2,1H3/p+1. The zero-order chi connectivity index (χ0) is 10.4. The van der Waals surface area contributed by atoms with Gasteiger partial charge < -0.3 is 5.11 Å². The summed E-state index contributed by atoms with van der Waals surface area (Å²) in [5.74, 6) is -0.709. The van der Waals surface area contributed by atoms with Crippen LogP contribution in [0, 0.1) is 6.92 Å². The smallest absolute Gasteiger partial charge is 0.303 e. The number of hydrogen-bond acceptors (Lipinski definition) is 1. The van der Waals surface area contributed by atoms with Crippen LogP contribution in [-0.4, -0.2) is 11.1 Å². The highest BCUT2D eigenvalue weighted by atomic mass is 16.4. The van der Waals surface area contributed by atoms with Crippen LogP contribution in [-0.2, 0) is 11.3 Å². The molecule has 1 aromatic rings. The topological polar surface area (TPSA) is 41.2 Å². The van der Waals surface area contributed by atoms with E-state index in [0.717, 1.165) is 19.4 Å². The van der Waals surface area contributed by atoms with Gasteiger partial charge in [0.2, 0.25) is 0 Å². The van der Waals surface area contributed by atoms with Crippen LogP contribution in [0.3, 0.4) is 0 Å². The number of pyridine rings is 1. The average molecular weight is 194 g/mol. The first kappa shape index (κ1) is 10.7. The van der Waals surface area contributed by atoms with E-state index in [4.69, 9.17) is 5.11 Å². The summed E-state index contributed by atoms with van der Waals surface area (Å²) in [7, 11) is 0. The molecule has 0 spiro atoms. The van der Waals surface area contributed by atoms with Crippen molar-refractivity contribution in [1.29, 1.82) is 0 Å². The summed E-state index contributed by atoms with van der Waals surface area (Å²) >= 11 is 0. The van der Waals surface area contributed by atoms with Crippen molar-refractivity contribution in [2.75, 3.05) is 0 Å². The van der Waals surface area contributed by atoms with Crippen LogP contribution < -0.4 is 4.57 Å². The van der Waals surface area contributed by atoms with E-state index in [9.17, 15) is 4.79 Å². The minimum absolute atomic E-state index is 0.270. The Labute approximate surface area is 84.0 Å². The summed E-state index contributed by atoms with van der Waals surface area (Å²) in [5, 5.41) is 8.46. The molecule has 0 fully saturated rings. The Morgan fingerprint density at radius 3 is 2.86 bits per heavy atom. The van der Waals surface area contributed by atoms with Gasteiger partial charge in [0.1, 0.15) is 6.54 Å². The van der Waals surface area contributed by atoms with Gasteiger partial charge in [0, 0.05) is 31.9 Å². The molecule has 0 unspecified atom stereocenters. The lowest BCUT2D eigenvalue weighted by molar-refractivity contribution is -0.703. The number of aliphatic carboxylic acids is 1. The van der Waals surface area contributed by atoms with Gasteiger partial charge in [0.05, 0.1) is 0 Å². The first-order chi connectivity index (χ1) is 6.70. The maximum Gasteiger partial charge on any atom is 0.303 e. The number of carbonyl (C=O) groups is 1. The predicted molar refractivity (Wildman–Crippen MR) is 52.9 cm³/mol. The maximum atomic E-state index is 10.3. The van der Waals surface area contributed by atoms with Gasteiger partial charge in [-0.2, -0.15) is 0 Å². The van der Waals surface area contributed by atoms with Crippen molar-refractivity contribution in [3.05, 3.63) is 30.1 Å². The quantitative estimate of drug-likeness (QED) is 0.570. The second kappa shape index (κ2) is 5.37. The highest BCUT2D eigenvalue weighted by Crippen LogP contribution is 1.96. The van der Waals surface area contributed by atoms with Crippen LogP contribution >= 0.6 is 0 Å². The Morgan fingerprint density at radius 1 is 1.43 bits per heavy atom. The molecule has 0 amide bonds. The fourth-order valence-corrected chi connectivity index (χ4v) is 1.37. The number of aromatic nitrogens is 1. The number of carboxylic acids is 1. The Balaban J connectivity index is 2.31. The normalized spacial score (nSPS) is 10.1. The van der Waals surface area contributed by atoms with E-state index in [0.29, 0.717) is 0 Å². The summed E-state index contributed by atoms with van der Waals surface area (Å²) in [6.45, 7) is 2.96. The Kier molecular flexibility index (Phi) is 4.11. The zero-order valence-electron chi connectivity index (χ0n) is 8.44. The SMILES string of the molecule is Cc1cccc[n+]1CCCCC(=O)O. The van der Waals surface area contributed by atoms with E-state index in [1.165, 1.54) is 5.69 Å². The summed E-state index contributed by atoms with van der Waals surface area (Å²) in [6.07, 6.45) is 3.96. The molecule has 0 radical (unpaired) electrons. The molecule has 1 N–H and O–H groups in total. The number of rotatable bonds is 5. The van der Waals surface area contributed by atoms with Crippen molar-refractivity contribution >= 4 is 5.97 Å². The molecule has 3 nitrogen and oxygen atoms in total. The summed E-state index contributed by atoms with van der Waals surface area (Å²) in [5.41, 5.74) is 1.21. The number of unbranched alkanes of at least 4 members (excludes halogenated alkanes) is 1. The fourth-order valence-electron chi connectivity index (χ4n) is 1.37. The summed E-state index contributed by atoms with van der Waals surface area (Å²) in [6, 6.07) is 6.05. The molecule has 0 saturated heterocycles. The first-order valence-corrected chi connectivity index (χ1v) is 4.87. The number of nitrogens with zero attached hydrogens (tertiary/aromatic N) is 1. The van der Waals surface area contributed by atoms with Crippen LogP contribution in [0.5, 0.6) is 0 Å². The van der Waals surface area contributed by atoms with E-state index in [2.05, 4.69) is 17.6 Å². The van der Waals surface area contributed by atoms with Gasteiger partial charge in [-0.05, 0) is 6.42 Å². The van der Waals surface area contributed by atoms with E-state index in [-0.39, 0.29) is 6.42 Å². The second-order valence-corrected chi connectivity index (χ2v) is 3.39. The molecule has 0 aliphatic heterocycles. The van der Waals surface area contributed by atoms with Crippen molar-refractivity contribution in [3.63, 3.8) is 0 Å². The largest absolute Gasteiger partial charge is 0.481 e. The molecule has 0 bridgehead atoms. The Bertz CT molecular complexity index is 310. The van der Waals surface area contributed by atoms with Crippen LogP contribution in [0.4, 0.5) is 0 Å². The minimum atomic E-state index is -0.709. The van der Waals surface area contributed by atoms with Gasteiger partial charge in [-0.3, -0.25) is 4.79 Å². The third-order valence-electron chi connectivity index (χ3n) is 2.21. The van der Waals surface area contributed by atoms with Gasteiger partial charge in [0.25, 0.3) is 0 Å². The van der Waals surface area contributed by atoms with Crippen molar-refractivity contribution in [2.45, 2.75) is 32.7 Å². The number of hydrogen-bond donors (Lipinski definition) is 1. The van der Waals surface area contributed by atoms with Crippen molar-refractivity contribution in [2.24, 2.45) is 0 Å². The molecule has 0 atom stereocenters. The van der Waals surface area contributed by atoms with E-state index >= 15 is 0 Å². The van der Waals surface area contributed by atoms with Crippen molar-refractivity contribution in [3.8, 4) is 0 Å². The molecule has 0 aliphatic rings. The summed E-state index contributed by atoms with van der Waals surface area (Å²) < 4.78 is 2.14. The van der Waals surface area contributed by atoms with Crippen LogP contribution in [0.25, 0.3) is 0 Å². The lowest BCUT2D eigenvalue weighted by Crippen LogP contribution is -2.36. The average Bonchev–Trinajstić information content (AvgIpc) is 2.15. The molecule has 0 aromatic carbocycles. The highest BCUT2D eigenvalue weighted by molar-refractivity contribution is 5.66. The van der Waals surface area contributed by atoms with Crippen molar-refractivity contribution in [1.82, 2.24) is 0 Å². The lowest BCUT2D eigenvalue weighted by atomic mass is 10.2.